The Kier molecular flexibility index (Phi) is 2.83. The average molecular weight is 238 g/mol. The zero-order chi connectivity index (χ0) is 12.6. The van der Waals surface area contributed by atoms with E-state index in [1.165, 1.54) is 4.57 Å². The molecule has 0 unspecified atom stereocenters. The average Bonchev–Trinajstić information content (AvgIpc) is 3.09. The van der Waals surface area contributed by atoms with Gasteiger partial charge in [0.2, 0.25) is 5.69 Å². The Bertz CT molecular complexity index is 568. The molecule has 0 bridgehead atoms. The van der Waals surface area contributed by atoms with Crippen molar-refractivity contribution in [2.45, 2.75) is 38.8 Å². The van der Waals surface area contributed by atoms with Crippen molar-refractivity contribution in [3.05, 3.63) is 25.7 Å². The van der Waals surface area contributed by atoms with Gasteiger partial charge in [0, 0.05) is 12.6 Å². The number of hydrogen-bond donors (Lipinski definition) is 1. The minimum Gasteiger partial charge on any atom is -0.383 e. The van der Waals surface area contributed by atoms with Crippen molar-refractivity contribution in [3.63, 3.8) is 0 Å². The zero-order valence-electron chi connectivity index (χ0n) is 9.55. The van der Waals surface area contributed by atoms with Crippen LogP contribution in [0.25, 0.3) is 0 Å². The number of nitroso groups, excluding NO2 is 1. The summed E-state index contributed by atoms with van der Waals surface area (Å²) in [5.74, 6) is -0.107. The fraction of sp³-hybridized carbons (Fsp3) is 0.600. The predicted octanol–water partition coefficient (Wildman–Crippen LogP) is 0.735. The summed E-state index contributed by atoms with van der Waals surface area (Å²) in [6, 6.07) is 0.00621. The molecule has 1 aliphatic rings. The third-order valence-electron chi connectivity index (χ3n) is 2.84. The lowest BCUT2D eigenvalue weighted by molar-refractivity contribution is 0.559. The Morgan fingerprint density at radius 1 is 1.41 bits per heavy atom. The molecule has 0 atom stereocenters. The highest BCUT2D eigenvalue weighted by molar-refractivity contribution is 5.56. The Labute approximate surface area is 96.8 Å². The van der Waals surface area contributed by atoms with Gasteiger partial charge in [0.1, 0.15) is 5.82 Å². The molecular weight excluding hydrogens is 224 g/mol. The third-order valence-corrected chi connectivity index (χ3v) is 2.84. The summed E-state index contributed by atoms with van der Waals surface area (Å²) in [6.45, 7) is 2.12. The van der Waals surface area contributed by atoms with E-state index >= 15 is 0 Å². The first-order valence-corrected chi connectivity index (χ1v) is 5.60. The normalized spacial score (nSPS) is 14.9. The maximum atomic E-state index is 12.1. The highest BCUT2D eigenvalue weighted by atomic mass is 16.3. The van der Waals surface area contributed by atoms with Crippen LogP contribution in [-0.4, -0.2) is 9.13 Å². The van der Waals surface area contributed by atoms with Gasteiger partial charge in [-0.2, -0.15) is 0 Å². The molecule has 1 fully saturated rings. The van der Waals surface area contributed by atoms with Crippen LogP contribution in [0.1, 0.15) is 32.2 Å². The highest BCUT2D eigenvalue weighted by Crippen LogP contribution is 2.36. The Hall–Kier alpha value is -1.92. The number of hydrogen-bond acceptors (Lipinski definition) is 5. The van der Waals surface area contributed by atoms with Crippen molar-refractivity contribution in [2.75, 3.05) is 5.73 Å². The van der Waals surface area contributed by atoms with Gasteiger partial charge < -0.3 is 5.73 Å². The second-order valence-corrected chi connectivity index (χ2v) is 4.17. The Morgan fingerprint density at radius 2 is 2.06 bits per heavy atom. The lowest BCUT2D eigenvalue weighted by atomic mass is 10.4. The van der Waals surface area contributed by atoms with Crippen LogP contribution in [0.4, 0.5) is 11.5 Å². The number of rotatable bonds is 4. The number of aromatic nitrogens is 2. The molecule has 7 nitrogen and oxygen atoms in total. The molecule has 0 radical (unpaired) electrons. The van der Waals surface area contributed by atoms with E-state index in [1.54, 1.807) is 0 Å². The van der Waals surface area contributed by atoms with E-state index in [0.717, 1.165) is 17.4 Å². The van der Waals surface area contributed by atoms with E-state index in [2.05, 4.69) is 5.18 Å². The lowest BCUT2D eigenvalue weighted by Crippen LogP contribution is -2.40. The largest absolute Gasteiger partial charge is 0.383 e. The number of anilines is 1. The van der Waals surface area contributed by atoms with Gasteiger partial charge in [-0.25, -0.2) is 4.79 Å². The minimum atomic E-state index is -0.693. The molecule has 2 rings (SSSR count). The van der Waals surface area contributed by atoms with Crippen LogP contribution < -0.4 is 17.0 Å². The quantitative estimate of drug-likeness (QED) is 0.781. The monoisotopic (exact) mass is 238 g/mol. The standard InChI is InChI=1S/C10H14N4O3/c1-2-5-13-9(15)7(12-17)8(11)14(10(13)16)6-3-4-6/h6H,2-5,11H2,1H3. The molecule has 17 heavy (non-hydrogen) atoms. The fourth-order valence-corrected chi connectivity index (χ4v) is 1.86. The molecular formula is C10H14N4O3. The van der Waals surface area contributed by atoms with Crippen LogP contribution in [0.3, 0.4) is 0 Å². The molecule has 92 valence electrons. The summed E-state index contributed by atoms with van der Waals surface area (Å²) in [7, 11) is 0. The van der Waals surface area contributed by atoms with Crippen molar-refractivity contribution >= 4 is 11.5 Å². The molecule has 0 saturated heterocycles. The van der Waals surface area contributed by atoms with E-state index in [-0.39, 0.29) is 24.1 Å². The fourth-order valence-electron chi connectivity index (χ4n) is 1.86. The van der Waals surface area contributed by atoms with Gasteiger partial charge in [-0.05, 0) is 24.4 Å². The molecule has 0 spiro atoms. The molecule has 0 aliphatic heterocycles. The summed E-state index contributed by atoms with van der Waals surface area (Å²) in [5, 5.41) is 2.66. The number of nitrogens with zero attached hydrogens (tertiary/aromatic N) is 3. The molecule has 0 aromatic carbocycles. The summed E-state index contributed by atoms with van der Waals surface area (Å²) < 4.78 is 2.35. The topological polar surface area (TPSA) is 99.4 Å². The van der Waals surface area contributed by atoms with Crippen molar-refractivity contribution in [2.24, 2.45) is 5.18 Å². The predicted molar refractivity (Wildman–Crippen MR) is 63.4 cm³/mol. The molecule has 1 aromatic rings. The van der Waals surface area contributed by atoms with Gasteiger partial charge in [-0.3, -0.25) is 13.9 Å². The second kappa shape index (κ2) is 4.15. The third kappa shape index (κ3) is 1.77. The number of nitrogens with two attached hydrogens (primary N) is 1. The van der Waals surface area contributed by atoms with Crippen LogP contribution in [-0.2, 0) is 6.54 Å². The van der Waals surface area contributed by atoms with Crippen LogP contribution >= 0.6 is 0 Å². The minimum absolute atomic E-state index is 0.00621. The first-order valence-electron chi connectivity index (χ1n) is 5.60. The molecule has 1 aromatic heterocycles. The van der Waals surface area contributed by atoms with E-state index in [0.29, 0.717) is 6.42 Å². The second-order valence-electron chi connectivity index (χ2n) is 4.17. The Morgan fingerprint density at radius 3 is 2.53 bits per heavy atom. The van der Waals surface area contributed by atoms with Gasteiger partial charge in [0.25, 0.3) is 5.56 Å². The summed E-state index contributed by atoms with van der Waals surface area (Å²) in [6.07, 6.45) is 2.31. The molecule has 1 heterocycles. The van der Waals surface area contributed by atoms with Gasteiger partial charge in [-0.15, -0.1) is 4.91 Å². The maximum absolute atomic E-state index is 12.1. The van der Waals surface area contributed by atoms with Crippen molar-refractivity contribution in [1.82, 2.24) is 9.13 Å². The lowest BCUT2D eigenvalue weighted by Gasteiger charge is -2.12. The molecule has 0 amide bonds. The van der Waals surface area contributed by atoms with Gasteiger partial charge in [0.15, 0.2) is 0 Å². The molecule has 7 heteroatoms. The highest BCUT2D eigenvalue weighted by Gasteiger charge is 2.30. The van der Waals surface area contributed by atoms with Crippen molar-refractivity contribution < 1.29 is 0 Å². The summed E-state index contributed by atoms with van der Waals surface area (Å²) in [4.78, 5) is 34.5. The van der Waals surface area contributed by atoms with Crippen LogP contribution in [0, 0.1) is 4.91 Å². The van der Waals surface area contributed by atoms with Crippen molar-refractivity contribution in [1.29, 1.82) is 0 Å². The summed E-state index contributed by atoms with van der Waals surface area (Å²) in [5.41, 5.74) is 4.17. The number of nitrogen functional groups attached to an aromatic ring is 1. The van der Waals surface area contributed by atoms with E-state index in [4.69, 9.17) is 5.73 Å². The van der Waals surface area contributed by atoms with Crippen LogP contribution in [0.5, 0.6) is 0 Å². The van der Waals surface area contributed by atoms with Gasteiger partial charge in [0.05, 0.1) is 0 Å². The molecule has 1 saturated carbocycles. The van der Waals surface area contributed by atoms with Crippen LogP contribution in [0.15, 0.2) is 14.8 Å². The van der Waals surface area contributed by atoms with Gasteiger partial charge in [-0.1, -0.05) is 6.92 Å². The van der Waals surface area contributed by atoms with E-state index in [1.807, 2.05) is 6.92 Å². The molecule has 1 aliphatic carbocycles. The Balaban J connectivity index is 2.76. The smallest absolute Gasteiger partial charge is 0.332 e. The van der Waals surface area contributed by atoms with Crippen LogP contribution in [0.2, 0.25) is 0 Å². The van der Waals surface area contributed by atoms with E-state index < -0.39 is 11.2 Å². The first kappa shape index (κ1) is 11.6. The zero-order valence-corrected chi connectivity index (χ0v) is 9.55. The van der Waals surface area contributed by atoms with Crippen molar-refractivity contribution in [3.8, 4) is 0 Å². The first-order chi connectivity index (χ1) is 8.11. The van der Waals surface area contributed by atoms with Gasteiger partial charge >= 0.3 is 5.69 Å². The van der Waals surface area contributed by atoms with E-state index in [9.17, 15) is 14.5 Å². The molecule has 2 N–H and O–H groups in total. The summed E-state index contributed by atoms with van der Waals surface area (Å²) >= 11 is 0. The SMILES string of the molecule is CCCn1c(=O)c(N=O)c(N)n(C2CC2)c1=O. The maximum Gasteiger partial charge on any atom is 0.332 e.